The number of anilines is 2. The molecule has 6 heteroatoms. The monoisotopic (exact) mass is 490 g/mol. The quantitative estimate of drug-likeness (QED) is 0.399. The van der Waals surface area contributed by atoms with Crippen LogP contribution in [0.25, 0.3) is 0 Å². The summed E-state index contributed by atoms with van der Waals surface area (Å²) in [5.41, 5.74) is 3.93. The Labute approximate surface area is 211 Å². The van der Waals surface area contributed by atoms with Crippen LogP contribution in [-0.2, 0) is 0 Å². The predicted octanol–water partition coefficient (Wildman–Crippen LogP) is 6.73. The van der Waals surface area contributed by atoms with Crippen molar-refractivity contribution in [1.29, 1.82) is 0 Å². The lowest BCUT2D eigenvalue weighted by atomic mass is 9.88. The number of piperidine rings is 1. The van der Waals surface area contributed by atoms with Crippen molar-refractivity contribution in [3.8, 4) is 0 Å². The normalized spacial score (nSPS) is 14.2. The number of halogens is 1. The van der Waals surface area contributed by atoms with E-state index in [4.69, 9.17) is 11.6 Å². The maximum Gasteiger partial charge on any atom is 0.337 e. The molecular formula is C29H31ClN2O3. The fourth-order valence-corrected chi connectivity index (χ4v) is 4.93. The zero-order valence-electron chi connectivity index (χ0n) is 20.2. The van der Waals surface area contributed by atoms with E-state index in [-0.39, 0.29) is 16.5 Å². The zero-order chi connectivity index (χ0) is 24.9. The van der Waals surface area contributed by atoms with E-state index in [2.05, 4.69) is 30.9 Å². The van der Waals surface area contributed by atoms with Crippen LogP contribution in [0.3, 0.4) is 0 Å². The number of carboxylic acid groups (broad SMARTS) is 1. The lowest BCUT2D eigenvalue weighted by Crippen LogP contribution is -2.34. The van der Waals surface area contributed by atoms with Crippen LogP contribution in [0.1, 0.15) is 58.9 Å². The van der Waals surface area contributed by atoms with Crippen molar-refractivity contribution in [2.24, 2.45) is 5.92 Å². The number of carbonyl (C=O) groups excluding carboxylic acids is 1. The van der Waals surface area contributed by atoms with Gasteiger partial charge in [0.2, 0.25) is 0 Å². The van der Waals surface area contributed by atoms with Crippen LogP contribution in [0.2, 0.25) is 5.02 Å². The van der Waals surface area contributed by atoms with Gasteiger partial charge in [-0.15, -0.1) is 0 Å². The van der Waals surface area contributed by atoms with E-state index >= 15 is 0 Å². The van der Waals surface area contributed by atoms with Gasteiger partial charge in [-0.25, -0.2) is 4.79 Å². The van der Waals surface area contributed by atoms with Gasteiger partial charge in [0.25, 0.3) is 5.91 Å². The topological polar surface area (TPSA) is 60.9 Å². The van der Waals surface area contributed by atoms with Crippen LogP contribution in [0.15, 0.2) is 72.8 Å². The van der Waals surface area contributed by atoms with Gasteiger partial charge in [-0.3, -0.25) is 4.79 Å². The second kappa shape index (κ2) is 11.0. The summed E-state index contributed by atoms with van der Waals surface area (Å²) < 4.78 is 0. The van der Waals surface area contributed by atoms with Crippen LogP contribution >= 0.6 is 11.6 Å². The Morgan fingerprint density at radius 2 is 1.66 bits per heavy atom. The average molecular weight is 491 g/mol. The number of para-hydroxylation sites is 1. The van der Waals surface area contributed by atoms with E-state index in [1.54, 1.807) is 12.1 Å². The Hall–Kier alpha value is -3.31. The summed E-state index contributed by atoms with van der Waals surface area (Å²) >= 11 is 6.16. The number of carbonyl (C=O) groups is 2. The number of amides is 1. The van der Waals surface area contributed by atoms with Gasteiger partial charge >= 0.3 is 5.97 Å². The number of aromatic carboxylic acids is 1. The van der Waals surface area contributed by atoms with E-state index in [1.807, 2.05) is 53.4 Å². The lowest BCUT2D eigenvalue weighted by molar-refractivity contribution is 0.0697. The van der Waals surface area contributed by atoms with Crippen LogP contribution in [0, 0.1) is 5.92 Å². The minimum absolute atomic E-state index is 0.0213. The van der Waals surface area contributed by atoms with Gasteiger partial charge in [0, 0.05) is 36.6 Å². The van der Waals surface area contributed by atoms with Gasteiger partial charge in [0.05, 0.1) is 10.6 Å². The molecule has 3 aromatic rings. The molecule has 3 aromatic carbocycles. The molecule has 1 aliphatic rings. The summed E-state index contributed by atoms with van der Waals surface area (Å²) in [6.45, 7) is 6.63. The predicted molar refractivity (Wildman–Crippen MR) is 142 cm³/mol. The highest BCUT2D eigenvalue weighted by molar-refractivity contribution is 6.33. The van der Waals surface area contributed by atoms with Crippen molar-refractivity contribution < 1.29 is 14.7 Å². The number of carboxylic acids is 1. The smallest absolute Gasteiger partial charge is 0.337 e. The first-order valence-electron chi connectivity index (χ1n) is 12.1. The van der Waals surface area contributed by atoms with Crippen molar-refractivity contribution in [3.63, 3.8) is 0 Å². The van der Waals surface area contributed by atoms with Gasteiger partial charge in [0.15, 0.2) is 0 Å². The standard InChI is InChI=1S/C29H31ClN2O3/c1-20(2)19-32(24-6-4-3-5-7-24)28(33)23-10-8-21(9-11-23)22-14-16-31(17-15-22)25-12-13-26(29(34)35)27(30)18-25/h3-13,18,20,22H,14-17,19H2,1-2H3,(H,34,35). The summed E-state index contributed by atoms with van der Waals surface area (Å²) in [5, 5.41) is 9.45. The summed E-state index contributed by atoms with van der Waals surface area (Å²) in [5.74, 6) is -0.213. The highest BCUT2D eigenvalue weighted by Crippen LogP contribution is 2.32. The first kappa shape index (κ1) is 24.8. The largest absolute Gasteiger partial charge is 0.478 e. The third-order valence-electron chi connectivity index (χ3n) is 6.53. The molecule has 1 heterocycles. The molecule has 0 aromatic heterocycles. The Morgan fingerprint density at radius 1 is 1.00 bits per heavy atom. The van der Waals surface area contributed by atoms with Crippen molar-refractivity contribution in [2.45, 2.75) is 32.6 Å². The average Bonchev–Trinajstić information content (AvgIpc) is 2.87. The maximum absolute atomic E-state index is 13.3. The lowest BCUT2D eigenvalue weighted by Gasteiger charge is -2.34. The fraction of sp³-hybridized carbons (Fsp3) is 0.310. The Kier molecular flexibility index (Phi) is 7.76. The van der Waals surface area contributed by atoms with E-state index < -0.39 is 5.97 Å². The minimum atomic E-state index is -1.02. The Balaban J connectivity index is 1.42. The van der Waals surface area contributed by atoms with Crippen molar-refractivity contribution in [3.05, 3.63) is 94.5 Å². The molecule has 4 rings (SSSR count). The number of rotatable bonds is 7. The maximum atomic E-state index is 13.3. The first-order valence-corrected chi connectivity index (χ1v) is 12.5. The fourth-order valence-electron chi connectivity index (χ4n) is 4.68. The summed E-state index contributed by atoms with van der Waals surface area (Å²) in [4.78, 5) is 28.6. The van der Waals surface area contributed by atoms with E-state index in [1.165, 1.54) is 5.56 Å². The second-order valence-corrected chi connectivity index (χ2v) is 9.90. The first-order chi connectivity index (χ1) is 16.8. The molecule has 0 bridgehead atoms. The van der Waals surface area contributed by atoms with Gasteiger partial charge in [-0.2, -0.15) is 0 Å². The van der Waals surface area contributed by atoms with Crippen molar-refractivity contribution >= 4 is 34.9 Å². The van der Waals surface area contributed by atoms with E-state index in [0.717, 1.165) is 37.3 Å². The minimum Gasteiger partial charge on any atom is -0.478 e. The summed E-state index contributed by atoms with van der Waals surface area (Å²) in [6.07, 6.45) is 1.96. The van der Waals surface area contributed by atoms with Crippen LogP contribution in [-0.4, -0.2) is 36.6 Å². The number of hydrogen-bond acceptors (Lipinski definition) is 3. The zero-order valence-corrected chi connectivity index (χ0v) is 20.9. The summed E-state index contributed by atoms with van der Waals surface area (Å²) in [6, 6.07) is 23.0. The van der Waals surface area contributed by atoms with E-state index in [9.17, 15) is 14.7 Å². The third-order valence-corrected chi connectivity index (χ3v) is 6.85. The molecule has 0 spiro atoms. The number of benzene rings is 3. The molecule has 1 N–H and O–H groups in total. The number of hydrogen-bond donors (Lipinski definition) is 1. The van der Waals surface area contributed by atoms with Gasteiger partial charge in [-0.05, 0) is 72.7 Å². The molecule has 1 fully saturated rings. The summed E-state index contributed by atoms with van der Waals surface area (Å²) in [7, 11) is 0. The number of nitrogens with zero attached hydrogens (tertiary/aromatic N) is 2. The highest BCUT2D eigenvalue weighted by Gasteiger charge is 2.23. The molecule has 1 amide bonds. The van der Waals surface area contributed by atoms with Crippen LogP contribution in [0.5, 0.6) is 0 Å². The molecule has 5 nitrogen and oxygen atoms in total. The molecule has 1 aliphatic heterocycles. The molecule has 182 valence electrons. The molecule has 0 aliphatic carbocycles. The molecule has 1 saturated heterocycles. The Morgan fingerprint density at radius 3 is 2.23 bits per heavy atom. The van der Waals surface area contributed by atoms with Crippen molar-refractivity contribution in [1.82, 2.24) is 0 Å². The molecule has 0 unspecified atom stereocenters. The Bertz CT molecular complexity index is 1170. The SMILES string of the molecule is CC(C)CN(C(=O)c1ccc(C2CCN(c3ccc(C(=O)O)c(Cl)c3)CC2)cc1)c1ccccc1. The van der Waals surface area contributed by atoms with Gasteiger partial charge < -0.3 is 14.9 Å². The van der Waals surface area contributed by atoms with Gasteiger partial charge in [0.1, 0.15) is 0 Å². The molecular weight excluding hydrogens is 460 g/mol. The second-order valence-electron chi connectivity index (χ2n) is 9.50. The molecule has 0 radical (unpaired) electrons. The van der Waals surface area contributed by atoms with Gasteiger partial charge in [-0.1, -0.05) is 55.8 Å². The van der Waals surface area contributed by atoms with Crippen molar-refractivity contribution in [2.75, 3.05) is 29.4 Å². The third kappa shape index (κ3) is 5.85. The van der Waals surface area contributed by atoms with E-state index in [0.29, 0.717) is 23.9 Å². The molecule has 0 saturated carbocycles. The molecule has 35 heavy (non-hydrogen) atoms. The molecule has 0 atom stereocenters. The van der Waals surface area contributed by atoms with Crippen LogP contribution < -0.4 is 9.80 Å². The van der Waals surface area contributed by atoms with Crippen LogP contribution in [0.4, 0.5) is 11.4 Å². The highest BCUT2D eigenvalue weighted by atomic mass is 35.5.